The van der Waals surface area contributed by atoms with E-state index in [1.807, 2.05) is 18.2 Å². The minimum Gasteiger partial charge on any atom is -0.496 e. The zero-order valence-corrected chi connectivity index (χ0v) is 15.8. The summed E-state index contributed by atoms with van der Waals surface area (Å²) in [5.41, 5.74) is 7.12. The first-order chi connectivity index (χ1) is 11.9. The Balaban J connectivity index is 1.91. The molecule has 0 amide bonds. The predicted molar refractivity (Wildman–Crippen MR) is 100 cm³/mol. The van der Waals surface area contributed by atoms with Crippen molar-refractivity contribution >= 4 is 0 Å². The Labute approximate surface area is 150 Å². The molecule has 1 saturated carbocycles. The van der Waals surface area contributed by atoms with Crippen molar-refractivity contribution in [1.82, 2.24) is 14.8 Å². The fraction of sp³-hybridized carbons (Fsp3) is 0.600. The minimum absolute atomic E-state index is 0.0824. The van der Waals surface area contributed by atoms with Crippen molar-refractivity contribution in [2.45, 2.75) is 70.4 Å². The molecule has 1 fully saturated rings. The van der Waals surface area contributed by atoms with Crippen molar-refractivity contribution in [2.75, 3.05) is 7.11 Å². The Kier molecular flexibility index (Phi) is 5.13. The lowest BCUT2D eigenvalue weighted by Crippen LogP contribution is -2.30. The van der Waals surface area contributed by atoms with Crippen molar-refractivity contribution in [3.05, 3.63) is 41.5 Å². The van der Waals surface area contributed by atoms with Gasteiger partial charge in [0.2, 0.25) is 0 Å². The maximum absolute atomic E-state index is 6.08. The van der Waals surface area contributed by atoms with E-state index in [1.165, 1.54) is 0 Å². The van der Waals surface area contributed by atoms with Crippen LogP contribution < -0.4 is 10.5 Å². The van der Waals surface area contributed by atoms with Gasteiger partial charge in [0.25, 0.3) is 0 Å². The van der Waals surface area contributed by atoms with Crippen LogP contribution in [-0.4, -0.2) is 27.9 Å². The molecule has 1 aromatic carbocycles. The zero-order chi connectivity index (χ0) is 18.0. The van der Waals surface area contributed by atoms with Gasteiger partial charge >= 0.3 is 0 Å². The third kappa shape index (κ3) is 4.03. The molecule has 0 unspecified atom stereocenters. The smallest absolute Gasteiger partial charge is 0.155 e. The summed E-state index contributed by atoms with van der Waals surface area (Å²) in [5.74, 6) is 3.33. The van der Waals surface area contributed by atoms with E-state index in [9.17, 15) is 0 Å². The second kappa shape index (κ2) is 7.16. The summed E-state index contributed by atoms with van der Waals surface area (Å²) in [4.78, 5) is 4.95. The maximum atomic E-state index is 6.08. The van der Waals surface area contributed by atoms with Gasteiger partial charge in [0.05, 0.1) is 12.6 Å². The summed E-state index contributed by atoms with van der Waals surface area (Å²) in [6.07, 6.45) is 5.04. The van der Waals surface area contributed by atoms with Crippen LogP contribution in [0.25, 0.3) is 0 Å². The Morgan fingerprint density at radius 2 is 1.84 bits per heavy atom. The molecule has 0 radical (unpaired) electrons. The number of nitrogens with two attached hydrogens (primary N) is 1. The van der Waals surface area contributed by atoms with Gasteiger partial charge in [0, 0.05) is 23.9 Å². The molecule has 0 bridgehead atoms. The van der Waals surface area contributed by atoms with Gasteiger partial charge in [-0.3, -0.25) is 0 Å². The van der Waals surface area contributed by atoms with Crippen molar-refractivity contribution in [2.24, 2.45) is 5.73 Å². The molecule has 0 aliphatic heterocycles. The Bertz CT molecular complexity index is 709. The lowest BCUT2D eigenvalue weighted by atomic mass is 9.85. The summed E-state index contributed by atoms with van der Waals surface area (Å²) in [6.45, 7) is 6.56. The van der Waals surface area contributed by atoms with E-state index in [1.54, 1.807) is 7.11 Å². The molecule has 0 saturated heterocycles. The highest BCUT2D eigenvalue weighted by molar-refractivity contribution is 5.35. The molecule has 0 spiro atoms. The van der Waals surface area contributed by atoms with Crippen LogP contribution in [0.2, 0.25) is 0 Å². The first-order valence-corrected chi connectivity index (χ1v) is 9.22. The Morgan fingerprint density at radius 3 is 2.48 bits per heavy atom. The molecule has 2 aromatic rings. The second-order valence-corrected chi connectivity index (χ2v) is 8.07. The second-order valence-electron chi connectivity index (χ2n) is 8.07. The summed E-state index contributed by atoms with van der Waals surface area (Å²) in [7, 11) is 1.71. The third-order valence-electron chi connectivity index (χ3n) is 4.99. The van der Waals surface area contributed by atoms with Crippen LogP contribution in [0.4, 0.5) is 0 Å². The highest BCUT2D eigenvalue weighted by atomic mass is 16.5. The van der Waals surface area contributed by atoms with E-state index in [0.717, 1.165) is 48.6 Å². The molecule has 0 atom stereocenters. The first kappa shape index (κ1) is 17.9. The zero-order valence-electron chi connectivity index (χ0n) is 15.8. The van der Waals surface area contributed by atoms with E-state index in [2.05, 4.69) is 31.5 Å². The number of rotatable bonds is 4. The van der Waals surface area contributed by atoms with Crippen LogP contribution in [-0.2, 0) is 12.0 Å². The van der Waals surface area contributed by atoms with E-state index in [4.69, 9.17) is 20.6 Å². The summed E-state index contributed by atoms with van der Waals surface area (Å²) in [5, 5.41) is 4.87. The van der Waals surface area contributed by atoms with Crippen molar-refractivity contribution < 1.29 is 4.74 Å². The molecule has 136 valence electrons. The summed E-state index contributed by atoms with van der Waals surface area (Å²) in [6, 6.07) is 8.42. The minimum atomic E-state index is -0.0824. The molecule has 3 rings (SSSR count). The van der Waals surface area contributed by atoms with Gasteiger partial charge in [-0.25, -0.2) is 9.67 Å². The van der Waals surface area contributed by atoms with E-state index in [0.29, 0.717) is 18.4 Å². The van der Waals surface area contributed by atoms with Crippen LogP contribution in [0.15, 0.2) is 24.3 Å². The SMILES string of the molecule is COc1ccccc1Cc1nc(C2CCC(N)CC2)n(C(C)(C)C)n1. The predicted octanol–water partition coefficient (Wildman–Crippen LogP) is 3.62. The van der Waals surface area contributed by atoms with Gasteiger partial charge < -0.3 is 10.5 Å². The highest BCUT2D eigenvalue weighted by Gasteiger charge is 2.29. The van der Waals surface area contributed by atoms with Crippen LogP contribution in [0.1, 0.15) is 69.6 Å². The van der Waals surface area contributed by atoms with Gasteiger partial charge in [-0.2, -0.15) is 5.10 Å². The molecule has 1 heterocycles. The molecule has 1 aliphatic carbocycles. The van der Waals surface area contributed by atoms with Gasteiger partial charge in [-0.1, -0.05) is 18.2 Å². The molecular formula is C20H30N4O. The molecule has 5 nitrogen and oxygen atoms in total. The normalized spacial score (nSPS) is 21.3. The summed E-state index contributed by atoms with van der Waals surface area (Å²) < 4.78 is 7.60. The molecular weight excluding hydrogens is 312 g/mol. The summed E-state index contributed by atoms with van der Waals surface area (Å²) >= 11 is 0. The average Bonchev–Trinajstić information content (AvgIpc) is 3.00. The number of ether oxygens (including phenoxy) is 1. The lowest BCUT2D eigenvalue weighted by Gasteiger charge is -2.29. The number of hydrogen-bond donors (Lipinski definition) is 1. The topological polar surface area (TPSA) is 66.0 Å². The van der Waals surface area contributed by atoms with Crippen LogP contribution >= 0.6 is 0 Å². The molecule has 1 aliphatic rings. The number of hydrogen-bond acceptors (Lipinski definition) is 4. The number of methoxy groups -OCH3 is 1. The monoisotopic (exact) mass is 342 g/mol. The fourth-order valence-electron chi connectivity index (χ4n) is 3.60. The molecule has 1 aromatic heterocycles. The fourth-order valence-corrected chi connectivity index (χ4v) is 3.60. The van der Waals surface area contributed by atoms with Crippen molar-refractivity contribution in [3.63, 3.8) is 0 Å². The van der Waals surface area contributed by atoms with Crippen LogP contribution in [0, 0.1) is 0 Å². The van der Waals surface area contributed by atoms with Crippen LogP contribution in [0.3, 0.4) is 0 Å². The number of para-hydroxylation sites is 1. The third-order valence-corrected chi connectivity index (χ3v) is 4.99. The van der Waals surface area contributed by atoms with Gasteiger partial charge in [-0.05, 0) is 52.5 Å². The first-order valence-electron chi connectivity index (χ1n) is 9.22. The van der Waals surface area contributed by atoms with Crippen molar-refractivity contribution in [3.8, 4) is 5.75 Å². The largest absolute Gasteiger partial charge is 0.496 e. The lowest BCUT2D eigenvalue weighted by molar-refractivity contribution is 0.306. The van der Waals surface area contributed by atoms with E-state index >= 15 is 0 Å². The molecule has 5 heteroatoms. The number of benzene rings is 1. The molecule has 2 N–H and O–H groups in total. The van der Waals surface area contributed by atoms with Crippen LogP contribution in [0.5, 0.6) is 5.75 Å². The number of aromatic nitrogens is 3. The van der Waals surface area contributed by atoms with E-state index < -0.39 is 0 Å². The van der Waals surface area contributed by atoms with Gasteiger partial charge in [-0.15, -0.1) is 0 Å². The molecule has 25 heavy (non-hydrogen) atoms. The van der Waals surface area contributed by atoms with Gasteiger partial charge in [0.1, 0.15) is 11.6 Å². The average molecular weight is 342 g/mol. The quantitative estimate of drug-likeness (QED) is 0.921. The Morgan fingerprint density at radius 1 is 1.16 bits per heavy atom. The standard InChI is InChI=1S/C20H30N4O/c1-20(2,3)24-19(14-9-11-16(21)12-10-14)22-18(23-24)13-15-7-5-6-8-17(15)25-4/h5-8,14,16H,9-13,21H2,1-4H3. The van der Waals surface area contributed by atoms with Crippen molar-refractivity contribution in [1.29, 1.82) is 0 Å². The van der Waals surface area contributed by atoms with E-state index in [-0.39, 0.29) is 5.54 Å². The Hall–Kier alpha value is -1.88. The maximum Gasteiger partial charge on any atom is 0.155 e. The van der Waals surface area contributed by atoms with Gasteiger partial charge in [0.15, 0.2) is 5.82 Å². The number of nitrogens with zero attached hydrogens (tertiary/aromatic N) is 3. The highest BCUT2D eigenvalue weighted by Crippen LogP contribution is 2.33.